The molecule has 6 heteroatoms. The molecule has 1 N–H and O–H groups in total. The third kappa shape index (κ3) is 6.02. The van der Waals surface area contributed by atoms with E-state index in [1.54, 1.807) is 35.2 Å². The van der Waals surface area contributed by atoms with Gasteiger partial charge in [0.05, 0.1) is 10.7 Å². The van der Waals surface area contributed by atoms with Gasteiger partial charge >= 0.3 is 0 Å². The SMILES string of the molecule is O=C(Nc1ccccc1Oc1ccccc1Cl)C1CCN(C(=O)/C=C/c2ccccc2)CC1. The van der Waals surface area contributed by atoms with Crippen LogP contribution in [-0.4, -0.2) is 29.8 Å². The van der Waals surface area contributed by atoms with Gasteiger partial charge in [-0.2, -0.15) is 0 Å². The Hall–Kier alpha value is -3.57. The highest BCUT2D eigenvalue weighted by atomic mass is 35.5. The van der Waals surface area contributed by atoms with Crippen LogP contribution < -0.4 is 10.1 Å². The van der Waals surface area contributed by atoms with Gasteiger partial charge in [-0.3, -0.25) is 9.59 Å². The number of halogens is 1. The molecule has 1 aliphatic heterocycles. The summed E-state index contributed by atoms with van der Waals surface area (Å²) in [6, 6.07) is 24.2. The minimum absolute atomic E-state index is 0.0313. The average molecular weight is 461 g/mol. The Labute approximate surface area is 198 Å². The summed E-state index contributed by atoms with van der Waals surface area (Å²) in [5.41, 5.74) is 1.57. The van der Waals surface area contributed by atoms with E-state index in [0.29, 0.717) is 48.1 Å². The lowest BCUT2D eigenvalue weighted by atomic mass is 9.95. The molecule has 0 bridgehead atoms. The van der Waals surface area contributed by atoms with Gasteiger partial charge < -0.3 is 15.0 Å². The van der Waals surface area contributed by atoms with Crippen molar-refractivity contribution in [3.63, 3.8) is 0 Å². The normalized spacial score (nSPS) is 14.3. The largest absolute Gasteiger partial charge is 0.454 e. The number of nitrogens with zero attached hydrogens (tertiary/aromatic N) is 1. The minimum Gasteiger partial charge on any atom is -0.454 e. The summed E-state index contributed by atoms with van der Waals surface area (Å²) < 4.78 is 5.93. The summed E-state index contributed by atoms with van der Waals surface area (Å²) in [6.07, 6.45) is 4.64. The molecule has 1 saturated heterocycles. The van der Waals surface area contributed by atoms with E-state index in [0.717, 1.165) is 5.56 Å². The van der Waals surface area contributed by atoms with Crippen molar-refractivity contribution in [1.29, 1.82) is 0 Å². The average Bonchev–Trinajstić information content (AvgIpc) is 2.86. The highest BCUT2D eigenvalue weighted by molar-refractivity contribution is 6.32. The van der Waals surface area contributed by atoms with Gasteiger partial charge in [0, 0.05) is 25.1 Å². The molecular weight excluding hydrogens is 436 g/mol. The Balaban J connectivity index is 1.33. The van der Waals surface area contributed by atoms with Gasteiger partial charge in [-0.15, -0.1) is 0 Å². The molecule has 4 rings (SSSR count). The van der Waals surface area contributed by atoms with Crippen LogP contribution in [0.15, 0.2) is 84.9 Å². The van der Waals surface area contributed by atoms with Crippen LogP contribution in [0.5, 0.6) is 11.5 Å². The van der Waals surface area contributed by atoms with Gasteiger partial charge in [0.15, 0.2) is 5.75 Å². The molecule has 0 aromatic heterocycles. The fourth-order valence-corrected chi connectivity index (χ4v) is 3.91. The van der Waals surface area contributed by atoms with E-state index >= 15 is 0 Å². The molecule has 1 heterocycles. The van der Waals surface area contributed by atoms with Crippen LogP contribution >= 0.6 is 11.6 Å². The molecule has 168 valence electrons. The maximum Gasteiger partial charge on any atom is 0.246 e. The lowest BCUT2D eigenvalue weighted by Gasteiger charge is -2.30. The van der Waals surface area contributed by atoms with Crippen molar-refractivity contribution in [2.45, 2.75) is 12.8 Å². The summed E-state index contributed by atoms with van der Waals surface area (Å²) >= 11 is 6.20. The molecule has 1 aliphatic rings. The maximum atomic E-state index is 12.9. The first kappa shape index (κ1) is 22.6. The van der Waals surface area contributed by atoms with Crippen molar-refractivity contribution in [3.05, 3.63) is 95.5 Å². The number of benzene rings is 3. The Bertz CT molecular complexity index is 1140. The third-order valence-corrected chi connectivity index (χ3v) is 5.91. The zero-order valence-corrected chi connectivity index (χ0v) is 18.9. The number of para-hydroxylation sites is 3. The molecular formula is C27H25ClN2O3. The number of piperidine rings is 1. The number of carbonyl (C=O) groups is 2. The molecule has 2 amide bonds. The molecule has 3 aromatic carbocycles. The van der Waals surface area contributed by atoms with E-state index < -0.39 is 0 Å². The van der Waals surface area contributed by atoms with Crippen molar-refractivity contribution in [3.8, 4) is 11.5 Å². The van der Waals surface area contributed by atoms with Gasteiger partial charge in [-0.25, -0.2) is 0 Å². The van der Waals surface area contributed by atoms with Crippen LogP contribution in [0.2, 0.25) is 5.02 Å². The fourth-order valence-electron chi connectivity index (χ4n) is 3.74. The minimum atomic E-state index is -0.166. The highest BCUT2D eigenvalue weighted by Crippen LogP contribution is 2.34. The van der Waals surface area contributed by atoms with Crippen LogP contribution in [0, 0.1) is 5.92 Å². The van der Waals surface area contributed by atoms with Crippen molar-refractivity contribution in [2.24, 2.45) is 5.92 Å². The first-order valence-electron chi connectivity index (χ1n) is 10.9. The van der Waals surface area contributed by atoms with Crippen molar-refractivity contribution in [2.75, 3.05) is 18.4 Å². The van der Waals surface area contributed by atoms with E-state index in [2.05, 4.69) is 5.32 Å². The predicted molar refractivity (Wildman–Crippen MR) is 131 cm³/mol. The Kier molecular flexibility index (Phi) is 7.43. The Morgan fingerprint density at radius 2 is 1.52 bits per heavy atom. The number of anilines is 1. The lowest BCUT2D eigenvalue weighted by Crippen LogP contribution is -2.40. The molecule has 0 radical (unpaired) electrons. The topological polar surface area (TPSA) is 58.6 Å². The molecule has 0 saturated carbocycles. The first-order chi connectivity index (χ1) is 16.1. The summed E-state index contributed by atoms with van der Waals surface area (Å²) in [5, 5.41) is 3.48. The summed E-state index contributed by atoms with van der Waals surface area (Å²) in [4.78, 5) is 27.2. The standard InChI is InChI=1S/C27H25ClN2O3/c28-22-10-4-6-12-24(22)33-25-13-7-5-11-23(25)29-27(32)21-16-18-30(19-17-21)26(31)15-14-20-8-2-1-3-9-20/h1-15,21H,16-19H2,(H,29,32)/b15-14+. The highest BCUT2D eigenvalue weighted by Gasteiger charge is 2.27. The number of rotatable bonds is 6. The lowest BCUT2D eigenvalue weighted by molar-refractivity contribution is -0.130. The van der Waals surface area contributed by atoms with Gasteiger partial charge in [-0.1, -0.05) is 66.2 Å². The van der Waals surface area contributed by atoms with E-state index in [1.807, 2.05) is 60.7 Å². The van der Waals surface area contributed by atoms with Gasteiger partial charge in [-0.05, 0) is 48.7 Å². The summed E-state index contributed by atoms with van der Waals surface area (Å²) in [5.74, 6) is 0.780. The zero-order chi connectivity index (χ0) is 23.0. The Morgan fingerprint density at radius 3 is 2.24 bits per heavy atom. The van der Waals surface area contributed by atoms with E-state index in [1.165, 1.54) is 0 Å². The molecule has 0 atom stereocenters. The quantitative estimate of drug-likeness (QED) is 0.457. The maximum absolute atomic E-state index is 12.9. The summed E-state index contributed by atoms with van der Waals surface area (Å²) in [6.45, 7) is 1.10. The predicted octanol–water partition coefficient (Wildman–Crippen LogP) is 6.02. The van der Waals surface area contributed by atoms with Crippen molar-refractivity contribution >= 4 is 35.2 Å². The number of likely N-dealkylation sites (tertiary alicyclic amines) is 1. The number of hydrogen-bond donors (Lipinski definition) is 1. The van der Waals surface area contributed by atoms with Crippen LogP contribution in [0.4, 0.5) is 5.69 Å². The number of amides is 2. The second-order valence-electron chi connectivity index (χ2n) is 7.86. The van der Waals surface area contributed by atoms with Crippen LogP contribution in [0.1, 0.15) is 18.4 Å². The number of nitrogens with one attached hydrogen (secondary N) is 1. The van der Waals surface area contributed by atoms with E-state index in [9.17, 15) is 9.59 Å². The smallest absolute Gasteiger partial charge is 0.246 e. The fraction of sp³-hybridized carbons (Fsp3) is 0.185. The number of ether oxygens (including phenoxy) is 1. The Morgan fingerprint density at radius 1 is 0.879 bits per heavy atom. The third-order valence-electron chi connectivity index (χ3n) is 5.60. The second-order valence-corrected chi connectivity index (χ2v) is 8.27. The molecule has 0 spiro atoms. The molecule has 1 fully saturated rings. The van der Waals surface area contributed by atoms with Crippen molar-refractivity contribution in [1.82, 2.24) is 4.90 Å². The van der Waals surface area contributed by atoms with Crippen molar-refractivity contribution < 1.29 is 14.3 Å². The zero-order valence-electron chi connectivity index (χ0n) is 18.1. The van der Waals surface area contributed by atoms with Crippen LogP contribution in [-0.2, 0) is 9.59 Å². The monoisotopic (exact) mass is 460 g/mol. The molecule has 0 aliphatic carbocycles. The molecule has 3 aromatic rings. The molecule has 33 heavy (non-hydrogen) atoms. The molecule has 0 unspecified atom stereocenters. The molecule has 5 nitrogen and oxygen atoms in total. The second kappa shape index (κ2) is 10.8. The van der Waals surface area contributed by atoms with Crippen LogP contribution in [0.25, 0.3) is 6.08 Å². The van der Waals surface area contributed by atoms with Crippen LogP contribution in [0.3, 0.4) is 0 Å². The van der Waals surface area contributed by atoms with Gasteiger partial charge in [0.25, 0.3) is 0 Å². The van der Waals surface area contributed by atoms with Gasteiger partial charge in [0.1, 0.15) is 5.75 Å². The number of carbonyl (C=O) groups excluding carboxylic acids is 2. The first-order valence-corrected chi connectivity index (χ1v) is 11.3. The number of hydrogen-bond acceptors (Lipinski definition) is 3. The van der Waals surface area contributed by atoms with Gasteiger partial charge in [0.2, 0.25) is 11.8 Å². The summed E-state index contributed by atoms with van der Waals surface area (Å²) in [7, 11) is 0. The van der Waals surface area contributed by atoms with E-state index in [4.69, 9.17) is 16.3 Å². The van der Waals surface area contributed by atoms with E-state index in [-0.39, 0.29) is 17.7 Å².